The molecule has 0 spiro atoms. The smallest absolute Gasteiger partial charge is 0.191 e. The van der Waals surface area contributed by atoms with E-state index in [0.717, 1.165) is 61.4 Å². The van der Waals surface area contributed by atoms with E-state index >= 15 is 0 Å². The summed E-state index contributed by atoms with van der Waals surface area (Å²) in [6.07, 6.45) is 16.0. The van der Waals surface area contributed by atoms with Crippen molar-refractivity contribution in [3.63, 3.8) is 0 Å². The summed E-state index contributed by atoms with van der Waals surface area (Å²) in [5.74, 6) is 1.60. The van der Waals surface area contributed by atoms with E-state index in [-0.39, 0.29) is 0 Å². The summed E-state index contributed by atoms with van der Waals surface area (Å²) in [6.45, 7) is 2.09. The molecular weight excluding hydrogens is 440 g/mol. The van der Waals surface area contributed by atoms with Crippen molar-refractivity contribution in [2.45, 2.75) is 50.9 Å². The Bertz CT molecular complexity index is 1270. The summed E-state index contributed by atoms with van der Waals surface area (Å²) in [5, 5.41) is 3.25. The number of hydrogen-bond donors (Lipinski definition) is 0. The van der Waals surface area contributed by atoms with Gasteiger partial charge in [0.2, 0.25) is 0 Å². The van der Waals surface area contributed by atoms with Crippen molar-refractivity contribution >= 4 is 23.5 Å². The lowest BCUT2D eigenvalue weighted by Gasteiger charge is -2.21. The average molecular weight is 472 g/mol. The Morgan fingerprint density at radius 2 is 1.88 bits per heavy atom. The van der Waals surface area contributed by atoms with Gasteiger partial charge in [-0.15, -0.1) is 0 Å². The first-order chi connectivity index (χ1) is 16.8. The standard InChI is InChI=1S/C29H31ClN4/c30-26-14-2-1-8-22(26)9-5-11-24-12-6-13-25-27(33-24)16-19-32-29(25)23-10-7-20-34(21-17-23)28-15-3-4-18-31-28/h1-4,8,12-16,18-19,23H,5-7,9-11,17,20-21H2/p+1. The number of H-pyrrole nitrogens is 1. The largest absolute Gasteiger partial charge is 0.357 e. The second-order valence-corrected chi connectivity index (χ2v) is 9.59. The molecule has 0 aliphatic carbocycles. The molecule has 1 aromatic carbocycles. The van der Waals surface area contributed by atoms with Gasteiger partial charge in [0.1, 0.15) is 5.82 Å². The third kappa shape index (κ3) is 5.39. The second-order valence-electron chi connectivity index (χ2n) is 9.19. The van der Waals surface area contributed by atoms with E-state index in [1.54, 1.807) is 0 Å². The lowest BCUT2D eigenvalue weighted by molar-refractivity contribution is -0.394. The van der Waals surface area contributed by atoms with E-state index in [1.165, 1.54) is 35.0 Å². The number of aryl methyl sites for hydroxylation is 1. The topological polar surface area (TPSA) is 42.6 Å². The highest BCUT2D eigenvalue weighted by Crippen LogP contribution is 2.26. The minimum absolute atomic E-state index is 0.511. The van der Waals surface area contributed by atoms with Crippen LogP contribution in [-0.2, 0) is 6.42 Å². The van der Waals surface area contributed by atoms with Gasteiger partial charge in [-0.2, -0.15) is 0 Å². The molecule has 1 atom stereocenters. The zero-order valence-electron chi connectivity index (χ0n) is 19.6. The van der Waals surface area contributed by atoms with Crippen LogP contribution in [-0.4, -0.2) is 18.1 Å². The van der Waals surface area contributed by atoms with Gasteiger partial charge in [0.05, 0.1) is 10.6 Å². The fourth-order valence-corrected chi connectivity index (χ4v) is 5.38. The number of aromatic nitrogens is 2. The monoisotopic (exact) mass is 471 g/mol. The minimum atomic E-state index is 0.511. The van der Waals surface area contributed by atoms with Crippen LogP contribution >= 0.6 is 11.6 Å². The predicted octanol–water partition coefficient (Wildman–Crippen LogP) is 5.03. The van der Waals surface area contributed by atoms with Gasteiger partial charge in [-0.3, -0.25) is 4.99 Å². The fourth-order valence-electron chi connectivity index (χ4n) is 5.15. The Labute approximate surface area is 206 Å². The molecule has 3 aromatic rings. The van der Waals surface area contributed by atoms with Crippen molar-refractivity contribution in [3.8, 4) is 0 Å². The van der Waals surface area contributed by atoms with Gasteiger partial charge in [-0.1, -0.05) is 48.0 Å². The van der Waals surface area contributed by atoms with Crippen molar-refractivity contribution in [2.75, 3.05) is 18.0 Å². The first-order valence-corrected chi connectivity index (χ1v) is 12.8. The second kappa shape index (κ2) is 11.0. The summed E-state index contributed by atoms with van der Waals surface area (Å²) < 4.78 is 0. The Morgan fingerprint density at radius 1 is 0.971 bits per heavy atom. The molecule has 5 rings (SSSR count). The maximum absolute atomic E-state index is 6.33. The number of fused-ring (bicyclic) bond motifs is 1. The molecule has 4 heterocycles. The molecule has 1 N–H and O–H groups in total. The van der Waals surface area contributed by atoms with Crippen LogP contribution in [0.15, 0.2) is 77.7 Å². The molecule has 1 fully saturated rings. The Morgan fingerprint density at radius 3 is 2.76 bits per heavy atom. The first-order valence-electron chi connectivity index (χ1n) is 12.5. The molecule has 0 saturated carbocycles. The van der Waals surface area contributed by atoms with Crippen LogP contribution in [0.3, 0.4) is 0 Å². The fraction of sp³-hybridized carbons (Fsp3) is 0.345. The highest BCUT2D eigenvalue weighted by Gasteiger charge is 2.25. The predicted molar refractivity (Wildman–Crippen MR) is 138 cm³/mol. The van der Waals surface area contributed by atoms with E-state index in [9.17, 15) is 0 Å². The van der Waals surface area contributed by atoms with Gasteiger partial charge in [0.15, 0.2) is 11.9 Å². The zero-order valence-corrected chi connectivity index (χ0v) is 20.3. The van der Waals surface area contributed by atoms with Crippen molar-refractivity contribution in [3.05, 3.63) is 99.6 Å². The quantitative estimate of drug-likeness (QED) is 0.505. The molecular formula is C29H32ClN4+. The molecule has 2 aromatic heterocycles. The number of aromatic amines is 1. The number of anilines is 1. The Hall–Kier alpha value is -2.98. The van der Waals surface area contributed by atoms with Gasteiger partial charge in [-0.25, -0.2) is 9.97 Å². The van der Waals surface area contributed by atoms with Crippen molar-refractivity contribution in [2.24, 2.45) is 4.99 Å². The van der Waals surface area contributed by atoms with Crippen LogP contribution in [0.5, 0.6) is 0 Å². The van der Waals surface area contributed by atoms with E-state index < -0.39 is 0 Å². The van der Waals surface area contributed by atoms with E-state index in [4.69, 9.17) is 16.6 Å². The summed E-state index contributed by atoms with van der Waals surface area (Å²) >= 11 is 6.33. The highest BCUT2D eigenvalue weighted by atomic mass is 35.5. The van der Waals surface area contributed by atoms with Crippen LogP contribution in [0.4, 0.5) is 5.82 Å². The molecule has 1 saturated heterocycles. The Kier molecular flexibility index (Phi) is 7.35. The maximum Gasteiger partial charge on any atom is 0.191 e. The number of nitrogens with one attached hydrogen (secondary N) is 1. The highest BCUT2D eigenvalue weighted by molar-refractivity contribution is 6.31. The minimum Gasteiger partial charge on any atom is -0.357 e. The van der Waals surface area contributed by atoms with E-state index in [1.807, 2.05) is 24.4 Å². The molecule has 1 unspecified atom stereocenters. The third-order valence-corrected chi connectivity index (χ3v) is 7.30. The molecule has 0 bridgehead atoms. The maximum atomic E-state index is 6.33. The summed E-state index contributed by atoms with van der Waals surface area (Å²) in [5.41, 5.74) is 3.74. The van der Waals surface area contributed by atoms with Crippen LogP contribution in [0.25, 0.3) is 6.08 Å². The van der Waals surface area contributed by atoms with Crippen LogP contribution in [0, 0.1) is 0 Å². The van der Waals surface area contributed by atoms with Gasteiger partial charge in [0.25, 0.3) is 0 Å². The summed E-state index contributed by atoms with van der Waals surface area (Å²) in [4.78, 5) is 15.7. The molecule has 34 heavy (non-hydrogen) atoms. The number of hydrogen-bond acceptors (Lipinski definition) is 3. The van der Waals surface area contributed by atoms with Crippen molar-refractivity contribution in [1.29, 1.82) is 0 Å². The molecule has 5 heteroatoms. The molecule has 174 valence electrons. The number of allylic oxidation sites excluding steroid dienone is 2. The normalized spacial score (nSPS) is 18.1. The van der Waals surface area contributed by atoms with Crippen LogP contribution in [0.2, 0.25) is 5.02 Å². The van der Waals surface area contributed by atoms with E-state index in [2.05, 4.69) is 63.5 Å². The van der Waals surface area contributed by atoms with Crippen molar-refractivity contribution in [1.82, 2.24) is 4.98 Å². The lowest BCUT2D eigenvalue weighted by atomic mass is 9.94. The number of nitrogens with zero attached hydrogens (tertiary/aromatic N) is 3. The molecule has 2 aliphatic heterocycles. The molecule has 4 nitrogen and oxygen atoms in total. The summed E-state index contributed by atoms with van der Waals surface area (Å²) in [6, 6.07) is 16.4. The number of benzene rings is 1. The SMILES string of the molecule is Clc1ccccc1CCCC1=CCC=c2c(C3CCCN(c4ccccn4)CC3)[nH+]ccc2=N1. The Balaban J connectivity index is 1.30. The van der Waals surface area contributed by atoms with Gasteiger partial charge < -0.3 is 4.90 Å². The van der Waals surface area contributed by atoms with Crippen LogP contribution in [0.1, 0.15) is 55.7 Å². The number of halogens is 1. The summed E-state index contributed by atoms with van der Waals surface area (Å²) in [7, 11) is 0. The molecule has 0 amide bonds. The van der Waals surface area contributed by atoms with Gasteiger partial charge in [0, 0.05) is 42.0 Å². The average Bonchev–Trinajstić information content (AvgIpc) is 3.24. The third-order valence-electron chi connectivity index (χ3n) is 6.93. The van der Waals surface area contributed by atoms with E-state index in [0.29, 0.717) is 5.92 Å². The lowest BCUT2D eigenvalue weighted by Crippen LogP contribution is -2.38. The molecule has 0 radical (unpaired) electrons. The van der Waals surface area contributed by atoms with Crippen molar-refractivity contribution < 1.29 is 4.98 Å². The zero-order chi connectivity index (χ0) is 23.2. The van der Waals surface area contributed by atoms with Gasteiger partial charge in [-0.05, 0) is 68.7 Å². The van der Waals surface area contributed by atoms with Gasteiger partial charge >= 0.3 is 0 Å². The molecule has 2 aliphatic rings. The van der Waals surface area contributed by atoms with Crippen LogP contribution < -0.4 is 20.5 Å². The number of pyridine rings is 2. The first kappa shape index (κ1) is 22.8. The number of rotatable bonds is 6.